The molecule has 0 unspecified atom stereocenters. The highest BCUT2D eigenvalue weighted by atomic mass is 19.1. The number of nitrogens with zero attached hydrogens (tertiary/aromatic N) is 1. The van der Waals surface area contributed by atoms with Crippen molar-refractivity contribution < 1.29 is 38.1 Å². The van der Waals surface area contributed by atoms with Gasteiger partial charge < -0.3 is 24.6 Å². The summed E-state index contributed by atoms with van der Waals surface area (Å²) in [4.78, 5) is 37.3. The van der Waals surface area contributed by atoms with Crippen LogP contribution in [-0.4, -0.2) is 52.2 Å². The first kappa shape index (κ1) is 24.3. The van der Waals surface area contributed by atoms with Crippen LogP contribution in [0.5, 0.6) is 5.75 Å². The third-order valence-corrected chi connectivity index (χ3v) is 4.78. The first-order valence-corrected chi connectivity index (χ1v) is 10.6. The van der Waals surface area contributed by atoms with E-state index in [0.29, 0.717) is 17.4 Å². The van der Waals surface area contributed by atoms with Crippen molar-refractivity contribution in [2.24, 2.45) is 0 Å². The summed E-state index contributed by atoms with van der Waals surface area (Å²) in [5.41, 5.74) is -1.09. The van der Waals surface area contributed by atoms with Crippen LogP contribution in [0.15, 0.2) is 6.07 Å². The number of aromatic carboxylic acids is 1. The lowest BCUT2D eigenvalue weighted by Crippen LogP contribution is -2.33. The van der Waals surface area contributed by atoms with E-state index in [2.05, 4.69) is 5.32 Å². The fourth-order valence-electron chi connectivity index (χ4n) is 3.78. The lowest BCUT2D eigenvalue weighted by molar-refractivity contribution is 0.0507. The van der Waals surface area contributed by atoms with Gasteiger partial charge in [0.05, 0.1) is 12.1 Å². The first-order chi connectivity index (χ1) is 15.2. The van der Waals surface area contributed by atoms with Crippen LogP contribution < -0.4 is 10.1 Å². The molecule has 3 rings (SSSR count). The predicted octanol–water partition coefficient (Wildman–Crippen LogP) is 4.26. The molecule has 0 atom stereocenters. The van der Waals surface area contributed by atoms with E-state index in [1.165, 1.54) is 0 Å². The number of nitrogens with one attached hydrogen (secondary N) is 1. The molecule has 2 N–H and O–H groups in total. The summed E-state index contributed by atoms with van der Waals surface area (Å²) in [6.07, 6.45) is -1.18. The minimum Gasteiger partial charge on any atom is -0.490 e. The Labute approximate surface area is 190 Å². The second-order valence-corrected chi connectivity index (χ2v) is 9.79. The minimum atomic E-state index is -1.38. The third kappa shape index (κ3) is 5.20. The standard InChI is InChI=1S/C23H29FN2O7/c1-22(2,3)32-20(29)25-9-7-12-16-13-8-10-31-18(13)14(24)11-15(16)26(17(12)19(27)28)21(30)33-23(4,5)6/h11H,7-10H2,1-6H3,(H,25,29)(H,27,28). The van der Waals surface area contributed by atoms with Gasteiger partial charge in [-0.15, -0.1) is 0 Å². The molecular formula is C23H29FN2O7. The molecule has 0 radical (unpaired) electrons. The van der Waals surface area contributed by atoms with Gasteiger partial charge in [0.1, 0.15) is 16.9 Å². The van der Waals surface area contributed by atoms with Crippen molar-refractivity contribution in [2.45, 2.75) is 65.6 Å². The second kappa shape index (κ2) is 8.57. The van der Waals surface area contributed by atoms with Crippen molar-refractivity contribution in [1.82, 2.24) is 9.88 Å². The molecule has 2 heterocycles. The number of halogens is 1. The quantitative estimate of drug-likeness (QED) is 0.694. The van der Waals surface area contributed by atoms with E-state index in [0.717, 1.165) is 10.6 Å². The minimum absolute atomic E-state index is 0.0373. The van der Waals surface area contributed by atoms with Gasteiger partial charge in [-0.2, -0.15) is 0 Å². The average molecular weight is 464 g/mol. The van der Waals surface area contributed by atoms with Crippen molar-refractivity contribution in [2.75, 3.05) is 13.2 Å². The molecule has 0 bridgehead atoms. The van der Waals surface area contributed by atoms with Gasteiger partial charge in [-0.1, -0.05) is 0 Å². The van der Waals surface area contributed by atoms with E-state index in [4.69, 9.17) is 14.2 Å². The maximum atomic E-state index is 14.7. The zero-order valence-corrected chi connectivity index (χ0v) is 19.6. The van der Waals surface area contributed by atoms with Crippen molar-refractivity contribution in [3.63, 3.8) is 0 Å². The highest BCUT2D eigenvalue weighted by Crippen LogP contribution is 2.40. The molecule has 33 heavy (non-hydrogen) atoms. The van der Waals surface area contributed by atoms with Gasteiger partial charge in [0, 0.05) is 30.0 Å². The van der Waals surface area contributed by atoms with E-state index in [1.54, 1.807) is 41.5 Å². The van der Waals surface area contributed by atoms with Crippen LogP contribution in [0, 0.1) is 5.82 Å². The number of carboxylic acids is 1. The Morgan fingerprint density at radius 3 is 2.36 bits per heavy atom. The number of ether oxygens (including phenoxy) is 3. The van der Waals surface area contributed by atoms with Gasteiger partial charge in [-0.25, -0.2) is 23.3 Å². The predicted molar refractivity (Wildman–Crippen MR) is 118 cm³/mol. The summed E-state index contributed by atoms with van der Waals surface area (Å²) in [6, 6.07) is 1.08. The zero-order valence-electron chi connectivity index (χ0n) is 19.6. The number of alkyl carbamates (subject to hydrolysis) is 1. The number of carbonyl (C=O) groups is 3. The Balaban J connectivity index is 2.12. The maximum absolute atomic E-state index is 14.7. The van der Waals surface area contributed by atoms with Crippen LogP contribution in [0.3, 0.4) is 0 Å². The number of carboxylic acid groups (broad SMARTS) is 1. The molecule has 0 spiro atoms. The number of benzene rings is 1. The molecule has 10 heteroatoms. The van der Waals surface area contributed by atoms with E-state index in [1.807, 2.05) is 0 Å². The number of fused-ring (bicyclic) bond motifs is 3. The molecule has 2 aromatic rings. The van der Waals surface area contributed by atoms with Crippen molar-refractivity contribution in [3.05, 3.63) is 28.7 Å². The van der Waals surface area contributed by atoms with Crippen LogP contribution in [0.1, 0.15) is 63.2 Å². The highest BCUT2D eigenvalue weighted by molar-refractivity contribution is 6.05. The molecule has 180 valence electrons. The molecule has 1 aliphatic heterocycles. The Kier molecular flexibility index (Phi) is 6.32. The maximum Gasteiger partial charge on any atom is 0.419 e. The summed E-state index contributed by atoms with van der Waals surface area (Å²) in [6.45, 7) is 10.4. The number of hydrogen-bond donors (Lipinski definition) is 2. The topological polar surface area (TPSA) is 116 Å². The van der Waals surface area contributed by atoms with Crippen LogP contribution in [0.25, 0.3) is 10.9 Å². The van der Waals surface area contributed by atoms with Gasteiger partial charge in [-0.3, -0.25) is 0 Å². The summed E-state index contributed by atoms with van der Waals surface area (Å²) < 4.78 is 31.7. The molecule has 0 fully saturated rings. The number of carbonyl (C=O) groups excluding carboxylic acids is 2. The van der Waals surface area contributed by atoms with E-state index >= 15 is 0 Å². The number of amides is 1. The van der Waals surface area contributed by atoms with E-state index < -0.39 is 35.2 Å². The monoisotopic (exact) mass is 464 g/mol. The number of hydrogen-bond acceptors (Lipinski definition) is 6. The first-order valence-electron chi connectivity index (χ1n) is 10.6. The van der Waals surface area contributed by atoms with Gasteiger partial charge in [0.15, 0.2) is 11.6 Å². The number of aromatic nitrogens is 1. The lowest BCUT2D eigenvalue weighted by Gasteiger charge is -2.20. The molecular weight excluding hydrogens is 435 g/mol. The van der Waals surface area contributed by atoms with Gasteiger partial charge in [0.2, 0.25) is 0 Å². The largest absolute Gasteiger partial charge is 0.490 e. The summed E-state index contributed by atoms with van der Waals surface area (Å²) in [7, 11) is 0. The van der Waals surface area contributed by atoms with Crippen LogP contribution in [0.4, 0.5) is 14.0 Å². The lowest BCUT2D eigenvalue weighted by atomic mass is 10.00. The molecule has 1 aromatic heterocycles. The number of rotatable bonds is 4. The Bertz CT molecular complexity index is 1120. The van der Waals surface area contributed by atoms with Crippen LogP contribution >= 0.6 is 0 Å². The van der Waals surface area contributed by atoms with Gasteiger partial charge in [0.25, 0.3) is 0 Å². The van der Waals surface area contributed by atoms with Crippen molar-refractivity contribution in [1.29, 1.82) is 0 Å². The average Bonchev–Trinajstić information content (AvgIpc) is 3.21. The van der Waals surface area contributed by atoms with Crippen LogP contribution in [0.2, 0.25) is 0 Å². The fraction of sp³-hybridized carbons (Fsp3) is 0.522. The SMILES string of the molecule is CC(C)(C)OC(=O)NCCc1c(C(=O)O)n(C(=O)OC(C)(C)C)c2cc(F)c3c(c12)CCO3. The summed E-state index contributed by atoms with van der Waals surface area (Å²) >= 11 is 0. The smallest absolute Gasteiger partial charge is 0.419 e. The Morgan fingerprint density at radius 2 is 1.79 bits per heavy atom. The third-order valence-electron chi connectivity index (χ3n) is 4.78. The summed E-state index contributed by atoms with van der Waals surface area (Å²) in [5, 5.41) is 13.0. The highest BCUT2D eigenvalue weighted by Gasteiger charge is 2.33. The Hall–Kier alpha value is -3.30. The van der Waals surface area contributed by atoms with Crippen LogP contribution in [-0.2, 0) is 22.3 Å². The van der Waals surface area contributed by atoms with Crippen molar-refractivity contribution >= 4 is 29.1 Å². The molecule has 1 aromatic carbocycles. The Morgan fingerprint density at radius 1 is 1.15 bits per heavy atom. The second-order valence-electron chi connectivity index (χ2n) is 9.79. The van der Waals surface area contributed by atoms with Gasteiger partial charge >= 0.3 is 18.2 Å². The van der Waals surface area contributed by atoms with E-state index in [-0.39, 0.29) is 42.1 Å². The normalized spacial score (nSPS) is 13.4. The molecule has 0 saturated heterocycles. The molecule has 0 aliphatic carbocycles. The summed E-state index contributed by atoms with van der Waals surface area (Å²) in [5.74, 6) is -2.02. The fourth-order valence-corrected chi connectivity index (χ4v) is 3.78. The van der Waals surface area contributed by atoms with Gasteiger partial charge in [-0.05, 0) is 53.5 Å². The molecule has 1 amide bonds. The van der Waals surface area contributed by atoms with E-state index in [9.17, 15) is 23.9 Å². The molecule has 0 saturated carbocycles. The van der Waals surface area contributed by atoms with Crippen molar-refractivity contribution in [3.8, 4) is 5.75 Å². The zero-order chi connectivity index (χ0) is 24.7. The molecule has 1 aliphatic rings. The molecule has 9 nitrogen and oxygen atoms in total.